The average Bonchev–Trinajstić information content (AvgIpc) is 3.32. The first-order valence-electron chi connectivity index (χ1n) is 12.4. The Hall–Kier alpha value is -5.09. The van der Waals surface area contributed by atoms with Gasteiger partial charge in [0, 0.05) is 50.6 Å². The molecule has 0 spiro atoms. The van der Waals surface area contributed by atoms with Crippen molar-refractivity contribution in [2.45, 2.75) is 0 Å². The maximum absolute atomic E-state index is 5.22. The Balaban J connectivity index is 1.38. The van der Waals surface area contributed by atoms with E-state index in [2.05, 4.69) is 107 Å². The lowest BCUT2D eigenvalue weighted by Gasteiger charge is -2.12. The highest BCUT2D eigenvalue weighted by Crippen LogP contribution is 2.35. The number of para-hydroxylation sites is 1. The van der Waals surface area contributed by atoms with Gasteiger partial charge in [0.1, 0.15) is 0 Å². The molecule has 0 atom stereocenters. The summed E-state index contributed by atoms with van der Waals surface area (Å²) in [5.74, 6) is 0. The topological polar surface area (TPSA) is 43.6 Å². The van der Waals surface area contributed by atoms with Gasteiger partial charge in [0.25, 0.3) is 0 Å². The maximum Gasteiger partial charge on any atom is 0.0963 e. The zero-order valence-corrected chi connectivity index (χ0v) is 19.8. The summed E-state index contributed by atoms with van der Waals surface area (Å²) < 4.78 is 2.29. The predicted molar refractivity (Wildman–Crippen MR) is 152 cm³/mol. The van der Waals surface area contributed by atoms with E-state index in [1.165, 1.54) is 0 Å². The van der Waals surface area contributed by atoms with Crippen LogP contribution in [0.15, 0.2) is 122 Å². The molecule has 4 aromatic heterocycles. The lowest BCUT2D eigenvalue weighted by atomic mass is 9.99. The monoisotopic (exact) mass is 472 g/mol. The standard InChI is InChI=1S/C33H20N4/c1-2-11-25-23(10-1)31-24(13-6-18-34-31)26-16-17-28(36-32(25)26)21-8-5-9-22(20-21)37-29-14-4-3-12-27(29)33-30(37)15-7-19-35-33/h1-20H. The number of aromatic nitrogens is 4. The summed E-state index contributed by atoms with van der Waals surface area (Å²) in [5.41, 5.74) is 8.38. The van der Waals surface area contributed by atoms with E-state index in [9.17, 15) is 0 Å². The lowest BCUT2D eigenvalue weighted by molar-refractivity contribution is 1.17. The summed E-state index contributed by atoms with van der Waals surface area (Å²) in [6.07, 6.45) is 3.72. The van der Waals surface area contributed by atoms with E-state index < -0.39 is 0 Å². The summed E-state index contributed by atoms with van der Waals surface area (Å²) in [6.45, 7) is 0. The normalized spacial score (nSPS) is 11.8. The highest BCUT2D eigenvalue weighted by Gasteiger charge is 2.14. The number of hydrogen-bond donors (Lipinski definition) is 0. The highest BCUT2D eigenvalue weighted by atomic mass is 15.0. The van der Waals surface area contributed by atoms with E-state index in [4.69, 9.17) is 9.97 Å². The van der Waals surface area contributed by atoms with Gasteiger partial charge >= 0.3 is 0 Å². The molecule has 4 heterocycles. The van der Waals surface area contributed by atoms with E-state index >= 15 is 0 Å². The maximum atomic E-state index is 5.22. The molecule has 0 aliphatic carbocycles. The Morgan fingerprint density at radius 2 is 1.11 bits per heavy atom. The first kappa shape index (κ1) is 20.1. The van der Waals surface area contributed by atoms with E-state index in [1.807, 2.05) is 24.5 Å². The van der Waals surface area contributed by atoms with Crippen molar-refractivity contribution < 1.29 is 0 Å². The molecule has 0 bridgehead atoms. The molecule has 0 fully saturated rings. The van der Waals surface area contributed by atoms with Gasteiger partial charge in [-0.2, -0.15) is 0 Å². The molecule has 0 aliphatic rings. The van der Waals surface area contributed by atoms with Crippen LogP contribution in [0.25, 0.3) is 71.5 Å². The van der Waals surface area contributed by atoms with Crippen LogP contribution in [0, 0.1) is 0 Å². The molecule has 4 heteroatoms. The zero-order chi connectivity index (χ0) is 24.3. The summed E-state index contributed by atoms with van der Waals surface area (Å²) in [4.78, 5) is 14.6. The molecule has 0 unspecified atom stereocenters. The van der Waals surface area contributed by atoms with Crippen LogP contribution in [0.5, 0.6) is 0 Å². The van der Waals surface area contributed by atoms with E-state index in [-0.39, 0.29) is 0 Å². The third-order valence-electron chi connectivity index (χ3n) is 7.26. The van der Waals surface area contributed by atoms with Crippen molar-refractivity contribution in [2.75, 3.05) is 0 Å². The predicted octanol–water partition coefficient (Wildman–Crippen LogP) is 8.10. The van der Waals surface area contributed by atoms with Crippen LogP contribution in [0.3, 0.4) is 0 Å². The number of nitrogens with zero attached hydrogens (tertiary/aromatic N) is 4. The molecule has 0 saturated carbocycles. The molecule has 0 radical (unpaired) electrons. The molecule has 4 nitrogen and oxygen atoms in total. The number of pyridine rings is 3. The molecule has 0 saturated heterocycles. The fourth-order valence-electron chi connectivity index (χ4n) is 5.64. The van der Waals surface area contributed by atoms with Crippen molar-refractivity contribution >= 4 is 54.5 Å². The molecule has 172 valence electrons. The summed E-state index contributed by atoms with van der Waals surface area (Å²) in [5, 5.41) is 5.65. The van der Waals surface area contributed by atoms with Gasteiger partial charge in [-0.1, -0.05) is 60.7 Å². The van der Waals surface area contributed by atoms with Gasteiger partial charge in [-0.05, 0) is 48.5 Å². The second-order valence-electron chi connectivity index (χ2n) is 9.31. The first-order valence-corrected chi connectivity index (χ1v) is 12.4. The van der Waals surface area contributed by atoms with Crippen molar-refractivity contribution in [3.8, 4) is 16.9 Å². The molecule has 0 amide bonds. The van der Waals surface area contributed by atoms with E-state index in [0.717, 1.165) is 71.5 Å². The highest BCUT2D eigenvalue weighted by molar-refractivity contribution is 6.23. The van der Waals surface area contributed by atoms with Gasteiger partial charge in [-0.3, -0.25) is 9.97 Å². The summed E-state index contributed by atoms with van der Waals surface area (Å²) >= 11 is 0. The SMILES string of the molecule is c1cc(-c2ccc3c4cccnc4c4ccccc4c3n2)cc(-n2c3ccccc3c3ncccc32)c1. The van der Waals surface area contributed by atoms with E-state index in [1.54, 1.807) is 0 Å². The second kappa shape index (κ2) is 7.70. The molecular formula is C33H20N4. The quantitative estimate of drug-likeness (QED) is 0.239. The van der Waals surface area contributed by atoms with Crippen molar-refractivity contribution in [1.29, 1.82) is 0 Å². The fraction of sp³-hybridized carbons (Fsp3) is 0. The molecule has 8 aromatic rings. The third kappa shape index (κ3) is 2.93. The molecule has 0 N–H and O–H groups in total. The Bertz CT molecular complexity index is 2070. The van der Waals surface area contributed by atoms with Crippen molar-refractivity contribution in [3.05, 3.63) is 122 Å². The summed E-state index contributed by atoms with van der Waals surface area (Å²) in [6, 6.07) is 38.0. The third-order valence-corrected chi connectivity index (χ3v) is 7.26. The fourth-order valence-corrected chi connectivity index (χ4v) is 5.64. The van der Waals surface area contributed by atoms with Crippen LogP contribution in [0.1, 0.15) is 0 Å². The minimum atomic E-state index is 0.946. The minimum Gasteiger partial charge on any atom is -0.308 e. The summed E-state index contributed by atoms with van der Waals surface area (Å²) in [7, 11) is 0. The Morgan fingerprint density at radius 1 is 0.459 bits per heavy atom. The zero-order valence-electron chi connectivity index (χ0n) is 19.8. The van der Waals surface area contributed by atoms with Crippen LogP contribution in [-0.2, 0) is 0 Å². The van der Waals surface area contributed by atoms with Gasteiger partial charge in [0.2, 0.25) is 0 Å². The van der Waals surface area contributed by atoms with Crippen molar-refractivity contribution in [1.82, 2.24) is 19.5 Å². The van der Waals surface area contributed by atoms with Crippen molar-refractivity contribution in [2.24, 2.45) is 0 Å². The van der Waals surface area contributed by atoms with Gasteiger partial charge in [0.15, 0.2) is 0 Å². The molecule has 37 heavy (non-hydrogen) atoms. The largest absolute Gasteiger partial charge is 0.308 e. The number of rotatable bonds is 2. The van der Waals surface area contributed by atoms with Crippen LogP contribution in [-0.4, -0.2) is 19.5 Å². The molecule has 4 aromatic carbocycles. The number of hydrogen-bond acceptors (Lipinski definition) is 3. The van der Waals surface area contributed by atoms with Crippen LogP contribution in [0.4, 0.5) is 0 Å². The van der Waals surface area contributed by atoms with Gasteiger partial charge in [-0.25, -0.2) is 4.98 Å². The number of fused-ring (bicyclic) bond motifs is 9. The Morgan fingerprint density at radius 3 is 1.97 bits per heavy atom. The van der Waals surface area contributed by atoms with Crippen LogP contribution >= 0.6 is 0 Å². The molecule has 8 rings (SSSR count). The van der Waals surface area contributed by atoms with Gasteiger partial charge in [-0.15, -0.1) is 0 Å². The van der Waals surface area contributed by atoms with Crippen molar-refractivity contribution in [3.63, 3.8) is 0 Å². The van der Waals surface area contributed by atoms with Gasteiger partial charge < -0.3 is 4.57 Å². The Labute approximate surface area is 212 Å². The van der Waals surface area contributed by atoms with Crippen LogP contribution < -0.4 is 0 Å². The van der Waals surface area contributed by atoms with Gasteiger partial charge in [0.05, 0.1) is 33.3 Å². The smallest absolute Gasteiger partial charge is 0.0963 e. The Kier molecular flexibility index (Phi) is 4.19. The minimum absolute atomic E-state index is 0.946. The second-order valence-corrected chi connectivity index (χ2v) is 9.31. The average molecular weight is 473 g/mol. The first-order chi connectivity index (χ1) is 18.4. The molecular weight excluding hydrogens is 452 g/mol. The molecule has 0 aliphatic heterocycles. The van der Waals surface area contributed by atoms with Crippen LogP contribution in [0.2, 0.25) is 0 Å². The lowest BCUT2D eigenvalue weighted by Crippen LogP contribution is -1.95. The van der Waals surface area contributed by atoms with E-state index in [0.29, 0.717) is 0 Å². The number of benzene rings is 4.